The highest BCUT2D eigenvalue weighted by atomic mass is 16.5. The maximum atomic E-state index is 13.5. The van der Waals surface area contributed by atoms with E-state index in [1.807, 2.05) is 64.1 Å². The Morgan fingerprint density at radius 2 is 1.59 bits per heavy atom. The summed E-state index contributed by atoms with van der Waals surface area (Å²) in [6.07, 6.45) is 2.01. The summed E-state index contributed by atoms with van der Waals surface area (Å²) >= 11 is 0. The molecule has 2 aromatic rings. The van der Waals surface area contributed by atoms with Gasteiger partial charge in [0.25, 0.3) is 0 Å². The minimum Gasteiger partial charge on any atom is -0.315 e. The number of amides is 4. The minimum absolute atomic E-state index is 0.220. The third-order valence-corrected chi connectivity index (χ3v) is 6.05. The highest BCUT2D eigenvalue weighted by Crippen LogP contribution is 2.38. The van der Waals surface area contributed by atoms with Crippen molar-refractivity contribution in [1.29, 1.82) is 0 Å². The molecule has 0 saturated carbocycles. The average molecular weight is 439 g/mol. The Labute approximate surface area is 190 Å². The van der Waals surface area contributed by atoms with Gasteiger partial charge in [-0.15, -0.1) is 0 Å². The maximum absolute atomic E-state index is 13.5. The normalized spacial score (nSPS) is 17.6. The molecule has 32 heavy (non-hydrogen) atoms. The number of hydroxylamine groups is 2. The van der Waals surface area contributed by atoms with E-state index >= 15 is 0 Å². The van der Waals surface area contributed by atoms with Crippen molar-refractivity contribution in [3.05, 3.63) is 59.7 Å². The van der Waals surface area contributed by atoms with Gasteiger partial charge in [0.1, 0.15) is 0 Å². The van der Waals surface area contributed by atoms with Crippen molar-refractivity contribution in [1.82, 2.24) is 9.96 Å². The van der Waals surface area contributed by atoms with Gasteiger partial charge in [-0.1, -0.05) is 55.2 Å². The lowest BCUT2D eigenvalue weighted by Gasteiger charge is -2.38. The largest absolute Gasteiger partial charge is 0.347 e. The zero-order chi connectivity index (χ0) is 23.5. The van der Waals surface area contributed by atoms with E-state index in [2.05, 4.69) is 12.2 Å². The predicted octanol–water partition coefficient (Wildman–Crippen LogP) is 5.76. The van der Waals surface area contributed by atoms with E-state index in [9.17, 15) is 14.8 Å². The monoisotopic (exact) mass is 438 g/mol. The van der Waals surface area contributed by atoms with Crippen LogP contribution in [0.25, 0.3) is 0 Å². The molecule has 3 rings (SSSR count). The number of nitrogens with zero attached hydrogens (tertiary/aromatic N) is 3. The van der Waals surface area contributed by atoms with E-state index in [-0.39, 0.29) is 6.03 Å². The molecule has 7 heteroatoms. The van der Waals surface area contributed by atoms with Crippen LogP contribution in [0.3, 0.4) is 0 Å². The van der Waals surface area contributed by atoms with Crippen LogP contribution in [-0.4, -0.2) is 45.5 Å². The van der Waals surface area contributed by atoms with E-state index in [0.29, 0.717) is 23.0 Å². The first-order valence-corrected chi connectivity index (χ1v) is 11.2. The Kier molecular flexibility index (Phi) is 7.09. The van der Waals surface area contributed by atoms with E-state index in [1.54, 1.807) is 17.0 Å². The van der Waals surface area contributed by atoms with Gasteiger partial charge in [0.2, 0.25) is 0 Å². The third-order valence-electron chi connectivity index (χ3n) is 6.05. The molecule has 1 fully saturated rings. The van der Waals surface area contributed by atoms with Crippen molar-refractivity contribution >= 4 is 23.4 Å². The Hall–Kier alpha value is -3.06. The molecule has 7 nitrogen and oxygen atoms in total. The van der Waals surface area contributed by atoms with Gasteiger partial charge < -0.3 is 10.2 Å². The van der Waals surface area contributed by atoms with Crippen molar-refractivity contribution in [2.75, 3.05) is 16.8 Å². The highest BCUT2D eigenvalue weighted by Gasteiger charge is 2.55. The van der Waals surface area contributed by atoms with Gasteiger partial charge >= 0.3 is 12.1 Å². The van der Waals surface area contributed by atoms with Crippen LogP contribution in [0.4, 0.5) is 21.0 Å². The quantitative estimate of drug-likeness (QED) is 0.328. The van der Waals surface area contributed by atoms with Gasteiger partial charge in [-0.3, -0.25) is 10.1 Å². The molecule has 0 aromatic heterocycles. The summed E-state index contributed by atoms with van der Waals surface area (Å²) in [7, 11) is 0. The first kappa shape index (κ1) is 23.6. The van der Waals surface area contributed by atoms with Crippen LogP contribution in [0.15, 0.2) is 48.5 Å². The van der Waals surface area contributed by atoms with Gasteiger partial charge in [0.15, 0.2) is 6.17 Å². The molecule has 1 heterocycles. The molecule has 1 atom stereocenters. The summed E-state index contributed by atoms with van der Waals surface area (Å²) in [4.78, 5) is 29.8. The van der Waals surface area contributed by atoms with Crippen molar-refractivity contribution in [3.63, 3.8) is 0 Å². The fraction of sp³-hybridized carbons (Fsp3) is 0.440. The number of benzene rings is 2. The molecule has 0 radical (unpaired) electrons. The number of hydrogen-bond acceptors (Lipinski definition) is 3. The molecule has 1 saturated heterocycles. The second-order valence-corrected chi connectivity index (χ2v) is 9.01. The zero-order valence-electron chi connectivity index (χ0n) is 19.6. The Balaban J connectivity index is 1.93. The van der Waals surface area contributed by atoms with Crippen LogP contribution in [0, 0.1) is 13.8 Å². The second kappa shape index (κ2) is 9.61. The van der Waals surface area contributed by atoms with Crippen LogP contribution >= 0.6 is 0 Å². The van der Waals surface area contributed by atoms with Gasteiger partial charge in [0, 0.05) is 17.9 Å². The molecule has 1 aliphatic heterocycles. The molecule has 0 unspecified atom stereocenters. The number of urea groups is 2. The first-order chi connectivity index (χ1) is 15.2. The maximum Gasteiger partial charge on any atom is 0.347 e. The SMILES string of the molecule is CCCCCN1C(=O)N(c2ccc(C)cc2)[C@@H](N(O)C(=O)Nc2ccc(C)cc2)C1(C)C. The lowest BCUT2D eigenvalue weighted by atomic mass is 9.99. The minimum atomic E-state index is -0.898. The lowest BCUT2D eigenvalue weighted by Crippen LogP contribution is -2.58. The van der Waals surface area contributed by atoms with Crippen LogP contribution < -0.4 is 10.2 Å². The predicted molar refractivity (Wildman–Crippen MR) is 127 cm³/mol. The van der Waals surface area contributed by atoms with Crippen LogP contribution in [0.2, 0.25) is 0 Å². The summed E-state index contributed by atoms with van der Waals surface area (Å²) in [6.45, 7) is 10.4. The molecule has 172 valence electrons. The molecule has 0 spiro atoms. The summed E-state index contributed by atoms with van der Waals surface area (Å²) in [6, 6.07) is 13.9. The molecule has 0 aliphatic carbocycles. The average Bonchev–Trinajstić information content (AvgIpc) is 2.95. The molecule has 0 bridgehead atoms. The third kappa shape index (κ3) is 4.72. The number of carbonyl (C=O) groups excluding carboxylic acids is 2. The number of anilines is 2. The number of nitrogens with one attached hydrogen (secondary N) is 1. The lowest BCUT2D eigenvalue weighted by molar-refractivity contribution is -0.0949. The van der Waals surface area contributed by atoms with Crippen molar-refractivity contribution in [2.24, 2.45) is 0 Å². The number of unbranched alkanes of at least 4 members (excludes halogenated alkanes) is 2. The van der Waals surface area contributed by atoms with Crippen LogP contribution in [0.5, 0.6) is 0 Å². The van der Waals surface area contributed by atoms with Gasteiger partial charge in [-0.25, -0.2) is 9.59 Å². The Morgan fingerprint density at radius 3 is 2.16 bits per heavy atom. The van der Waals surface area contributed by atoms with E-state index in [1.165, 1.54) is 4.90 Å². The number of carbonyl (C=O) groups is 2. The van der Waals surface area contributed by atoms with E-state index in [0.717, 1.165) is 30.4 Å². The Bertz CT molecular complexity index is 941. The van der Waals surface area contributed by atoms with E-state index in [4.69, 9.17) is 0 Å². The number of aryl methyl sites for hydroxylation is 2. The fourth-order valence-corrected chi connectivity index (χ4v) is 4.13. The summed E-state index contributed by atoms with van der Waals surface area (Å²) in [5, 5.41) is 14.4. The molecular formula is C25H34N4O3. The topological polar surface area (TPSA) is 76.1 Å². The smallest absolute Gasteiger partial charge is 0.315 e. The Morgan fingerprint density at radius 1 is 1.03 bits per heavy atom. The van der Waals surface area contributed by atoms with Gasteiger partial charge in [-0.2, -0.15) is 5.06 Å². The number of rotatable bonds is 7. The molecule has 2 N–H and O–H groups in total. The molecular weight excluding hydrogens is 404 g/mol. The van der Waals surface area contributed by atoms with Crippen molar-refractivity contribution in [3.8, 4) is 0 Å². The van der Waals surface area contributed by atoms with Crippen molar-refractivity contribution in [2.45, 2.75) is 65.6 Å². The van der Waals surface area contributed by atoms with E-state index < -0.39 is 17.7 Å². The standard InChI is InChI=1S/C25H34N4O3/c1-6-7-8-17-27-24(31)28(21-15-11-19(3)12-16-21)22(25(27,4)5)29(32)23(30)26-20-13-9-18(2)10-14-20/h9-16,22,32H,6-8,17H2,1-5H3,(H,26,30)/t22-/m0/s1. The first-order valence-electron chi connectivity index (χ1n) is 11.2. The van der Waals surface area contributed by atoms with Crippen molar-refractivity contribution < 1.29 is 14.8 Å². The second-order valence-electron chi connectivity index (χ2n) is 9.01. The fourth-order valence-electron chi connectivity index (χ4n) is 4.13. The zero-order valence-corrected chi connectivity index (χ0v) is 19.6. The number of hydrogen-bond donors (Lipinski definition) is 2. The van der Waals surface area contributed by atoms with Gasteiger partial charge in [-0.05, 0) is 58.4 Å². The molecule has 2 aromatic carbocycles. The van der Waals surface area contributed by atoms with Crippen LogP contribution in [0.1, 0.15) is 51.2 Å². The molecule has 4 amide bonds. The highest BCUT2D eigenvalue weighted by molar-refractivity contribution is 5.98. The summed E-state index contributed by atoms with van der Waals surface area (Å²) in [5.41, 5.74) is 2.53. The summed E-state index contributed by atoms with van der Waals surface area (Å²) in [5.74, 6) is 0. The van der Waals surface area contributed by atoms with Gasteiger partial charge in [0.05, 0.1) is 5.54 Å². The summed E-state index contributed by atoms with van der Waals surface area (Å²) < 4.78 is 0. The van der Waals surface area contributed by atoms with Crippen LogP contribution in [-0.2, 0) is 0 Å². The molecule has 1 aliphatic rings.